The van der Waals surface area contributed by atoms with Gasteiger partial charge in [0, 0.05) is 18.1 Å². The highest BCUT2D eigenvalue weighted by Crippen LogP contribution is 2.42. The lowest BCUT2D eigenvalue weighted by molar-refractivity contribution is -0.118. The molecule has 1 saturated carbocycles. The molecule has 2 atom stereocenters. The van der Waals surface area contributed by atoms with E-state index in [9.17, 15) is 0 Å². The van der Waals surface area contributed by atoms with E-state index in [2.05, 4.69) is 33.0 Å². The van der Waals surface area contributed by atoms with Crippen molar-refractivity contribution in [3.63, 3.8) is 0 Å². The Bertz CT molecular complexity index is 227. The second kappa shape index (κ2) is 8.97. The van der Waals surface area contributed by atoms with Gasteiger partial charge in [-0.3, -0.25) is 0 Å². The van der Waals surface area contributed by atoms with Crippen LogP contribution in [-0.2, 0) is 4.74 Å². The highest BCUT2D eigenvalue weighted by molar-refractivity contribution is 5.02. The second-order valence-electron chi connectivity index (χ2n) is 6.69. The topological polar surface area (TPSA) is 21.3 Å². The standard InChI is InChI=1S/C17H35NO/c1-5-7-8-9-10-11-13-19-16-14-15(17(16,3)4)18-12-6-2/h15-16,18H,5-14H2,1-4H3. The minimum absolute atomic E-state index is 0.317. The van der Waals surface area contributed by atoms with Crippen LogP contribution in [0, 0.1) is 5.41 Å². The van der Waals surface area contributed by atoms with Gasteiger partial charge in [0.25, 0.3) is 0 Å². The molecule has 0 spiro atoms. The summed E-state index contributed by atoms with van der Waals surface area (Å²) in [5.41, 5.74) is 0.317. The van der Waals surface area contributed by atoms with E-state index in [1.807, 2.05) is 0 Å². The smallest absolute Gasteiger partial charge is 0.0655 e. The minimum Gasteiger partial charge on any atom is -0.378 e. The Labute approximate surface area is 120 Å². The number of ether oxygens (including phenoxy) is 1. The molecule has 19 heavy (non-hydrogen) atoms. The van der Waals surface area contributed by atoms with E-state index in [1.165, 1.54) is 51.4 Å². The van der Waals surface area contributed by atoms with Crippen LogP contribution < -0.4 is 5.32 Å². The monoisotopic (exact) mass is 269 g/mol. The van der Waals surface area contributed by atoms with Gasteiger partial charge in [0.2, 0.25) is 0 Å². The Kier molecular flexibility index (Phi) is 8.01. The third-order valence-corrected chi connectivity index (χ3v) is 4.64. The van der Waals surface area contributed by atoms with E-state index in [0.29, 0.717) is 17.6 Å². The zero-order chi connectivity index (χ0) is 14.1. The first-order valence-corrected chi connectivity index (χ1v) is 8.47. The Balaban J connectivity index is 2.02. The highest BCUT2D eigenvalue weighted by atomic mass is 16.5. The number of hydrogen-bond acceptors (Lipinski definition) is 2. The maximum atomic E-state index is 6.07. The summed E-state index contributed by atoms with van der Waals surface area (Å²) in [5.74, 6) is 0. The fraction of sp³-hybridized carbons (Fsp3) is 1.00. The van der Waals surface area contributed by atoms with Gasteiger partial charge in [-0.2, -0.15) is 0 Å². The molecule has 0 saturated heterocycles. The summed E-state index contributed by atoms with van der Waals surface area (Å²) in [5, 5.41) is 3.63. The Morgan fingerprint density at radius 3 is 2.32 bits per heavy atom. The number of hydrogen-bond donors (Lipinski definition) is 1. The summed E-state index contributed by atoms with van der Waals surface area (Å²) < 4.78 is 6.07. The van der Waals surface area contributed by atoms with Crippen LogP contribution in [0.4, 0.5) is 0 Å². The number of nitrogens with one attached hydrogen (secondary N) is 1. The van der Waals surface area contributed by atoms with Crippen molar-refractivity contribution in [2.75, 3.05) is 13.2 Å². The molecule has 1 aliphatic rings. The van der Waals surface area contributed by atoms with Crippen LogP contribution in [0.3, 0.4) is 0 Å². The quantitative estimate of drug-likeness (QED) is 0.556. The molecular weight excluding hydrogens is 234 g/mol. The first kappa shape index (κ1) is 17.0. The van der Waals surface area contributed by atoms with Crippen LogP contribution in [0.2, 0.25) is 0 Å². The Morgan fingerprint density at radius 2 is 1.68 bits per heavy atom. The van der Waals surface area contributed by atoms with Gasteiger partial charge < -0.3 is 10.1 Å². The van der Waals surface area contributed by atoms with Crippen molar-refractivity contribution in [3.8, 4) is 0 Å². The second-order valence-corrected chi connectivity index (χ2v) is 6.69. The molecule has 2 unspecified atom stereocenters. The lowest BCUT2D eigenvalue weighted by Crippen LogP contribution is -2.61. The Hall–Kier alpha value is -0.0800. The molecule has 2 heteroatoms. The van der Waals surface area contributed by atoms with Crippen LogP contribution >= 0.6 is 0 Å². The van der Waals surface area contributed by atoms with E-state index in [4.69, 9.17) is 4.74 Å². The van der Waals surface area contributed by atoms with E-state index in [1.54, 1.807) is 0 Å². The predicted molar refractivity (Wildman–Crippen MR) is 83.6 cm³/mol. The summed E-state index contributed by atoms with van der Waals surface area (Å²) in [4.78, 5) is 0. The molecule has 1 rings (SSSR count). The van der Waals surface area contributed by atoms with Crippen LogP contribution in [0.5, 0.6) is 0 Å². The summed E-state index contributed by atoms with van der Waals surface area (Å²) >= 11 is 0. The summed E-state index contributed by atoms with van der Waals surface area (Å²) in [6, 6.07) is 0.655. The third-order valence-electron chi connectivity index (χ3n) is 4.64. The van der Waals surface area contributed by atoms with E-state index in [-0.39, 0.29) is 0 Å². The van der Waals surface area contributed by atoms with Gasteiger partial charge in [-0.15, -0.1) is 0 Å². The largest absolute Gasteiger partial charge is 0.378 e. The molecule has 0 aromatic rings. The van der Waals surface area contributed by atoms with E-state index in [0.717, 1.165) is 13.2 Å². The van der Waals surface area contributed by atoms with Gasteiger partial charge in [0.15, 0.2) is 0 Å². The van der Waals surface area contributed by atoms with Crippen molar-refractivity contribution in [3.05, 3.63) is 0 Å². The number of rotatable bonds is 11. The van der Waals surface area contributed by atoms with Gasteiger partial charge in [-0.1, -0.05) is 59.8 Å². The first-order valence-electron chi connectivity index (χ1n) is 8.47. The molecule has 1 N–H and O–H groups in total. The maximum absolute atomic E-state index is 6.07. The molecule has 0 aromatic heterocycles. The average molecular weight is 269 g/mol. The van der Waals surface area contributed by atoms with Crippen LogP contribution in [-0.4, -0.2) is 25.3 Å². The lowest BCUT2D eigenvalue weighted by atomic mass is 9.64. The van der Waals surface area contributed by atoms with Gasteiger partial charge in [-0.25, -0.2) is 0 Å². The Morgan fingerprint density at radius 1 is 1.00 bits per heavy atom. The summed E-state index contributed by atoms with van der Waals surface area (Å²) in [6.07, 6.45) is 11.0. The molecule has 1 aliphatic carbocycles. The maximum Gasteiger partial charge on any atom is 0.0655 e. The van der Waals surface area contributed by atoms with Gasteiger partial charge in [-0.05, 0) is 25.8 Å². The minimum atomic E-state index is 0.317. The van der Waals surface area contributed by atoms with E-state index < -0.39 is 0 Å². The third kappa shape index (κ3) is 5.43. The predicted octanol–water partition coefficient (Wildman–Crippen LogP) is 4.53. The van der Waals surface area contributed by atoms with Crippen molar-refractivity contribution in [2.45, 2.75) is 91.2 Å². The van der Waals surface area contributed by atoms with Crippen molar-refractivity contribution in [2.24, 2.45) is 5.41 Å². The molecule has 0 amide bonds. The van der Waals surface area contributed by atoms with Gasteiger partial charge >= 0.3 is 0 Å². The fourth-order valence-electron chi connectivity index (χ4n) is 2.94. The molecule has 1 fully saturated rings. The van der Waals surface area contributed by atoms with Crippen LogP contribution in [0.15, 0.2) is 0 Å². The van der Waals surface area contributed by atoms with Crippen molar-refractivity contribution in [1.82, 2.24) is 5.32 Å². The molecule has 0 aliphatic heterocycles. The van der Waals surface area contributed by atoms with Crippen molar-refractivity contribution < 1.29 is 4.74 Å². The van der Waals surface area contributed by atoms with E-state index >= 15 is 0 Å². The van der Waals surface area contributed by atoms with Crippen LogP contribution in [0.1, 0.15) is 79.1 Å². The fourth-order valence-corrected chi connectivity index (χ4v) is 2.94. The van der Waals surface area contributed by atoms with Crippen molar-refractivity contribution in [1.29, 1.82) is 0 Å². The first-order chi connectivity index (χ1) is 9.12. The molecule has 0 heterocycles. The van der Waals surface area contributed by atoms with Gasteiger partial charge in [0.1, 0.15) is 0 Å². The molecule has 0 radical (unpaired) electrons. The molecular formula is C17H35NO. The zero-order valence-electron chi connectivity index (χ0n) is 13.6. The van der Waals surface area contributed by atoms with Crippen molar-refractivity contribution >= 4 is 0 Å². The normalized spacial score (nSPS) is 25.3. The molecule has 114 valence electrons. The van der Waals surface area contributed by atoms with Gasteiger partial charge in [0.05, 0.1) is 6.10 Å². The molecule has 0 aromatic carbocycles. The summed E-state index contributed by atoms with van der Waals surface area (Å²) in [7, 11) is 0. The SMILES string of the molecule is CCCCCCCCOC1CC(NCCC)C1(C)C. The average Bonchev–Trinajstić information content (AvgIpc) is 2.39. The van der Waals surface area contributed by atoms with Crippen LogP contribution in [0.25, 0.3) is 0 Å². The summed E-state index contributed by atoms with van der Waals surface area (Å²) in [6.45, 7) is 11.3. The molecule has 0 bridgehead atoms. The highest BCUT2D eigenvalue weighted by Gasteiger charge is 2.48. The lowest BCUT2D eigenvalue weighted by Gasteiger charge is -2.52. The number of unbranched alkanes of at least 4 members (excludes halogenated alkanes) is 5. The zero-order valence-corrected chi connectivity index (χ0v) is 13.6. The molecule has 2 nitrogen and oxygen atoms in total.